The molecule has 0 saturated heterocycles. The van der Waals surface area contributed by atoms with Gasteiger partial charge >= 0.3 is 0 Å². The van der Waals surface area contributed by atoms with Gasteiger partial charge in [-0.2, -0.15) is 5.26 Å². The molecule has 0 bridgehead atoms. The summed E-state index contributed by atoms with van der Waals surface area (Å²) in [7, 11) is 0. The molecular formula is C15H8N4O3. The van der Waals surface area contributed by atoms with Crippen molar-refractivity contribution in [3.63, 3.8) is 0 Å². The summed E-state index contributed by atoms with van der Waals surface area (Å²) in [5, 5.41) is 20.4. The number of rotatable bonds is 2. The van der Waals surface area contributed by atoms with Crippen LogP contribution in [0.1, 0.15) is 5.56 Å². The molecule has 106 valence electrons. The molecule has 0 fully saturated rings. The van der Waals surface area contributed by atoms with Crippen LogP contribution in [0.2, 0.25) is 0 Å². The Hall–Kier alpha value is -3.53. The lowest BCUT2D eigenvalue weighted by Gasteiger charge is -2.07. The number of fused-ring (bicyclic) bond motifs is 1. The lowest BCUT2D eigenvalue weighted by molar-refractivity contribution is -0.384. The second-order valence-corrected chi connectivity index (χ2v) is 4.46. The van der Waals surface area contributed by atoms with Crippen molar-refractivity contribution < 1.29 is 4.92 Å². The molecule has 7 heteroatoms. The summed E-state index contributed by atoms with van der Waals surface area (Å²) in [6, 6.07) is 12.6. The fourth-order valence-electron chi connectivity index (χ4n) is 2.22. The highest BCUT2D eigenvalue weighted by atomic mass is 16.6. The summed E-state index contributed by atoms with van der Waals surface area (Å²) in [6.45, 7) is 0. The van der Waals surface area contributed by atoms with Gasteiger partial charge in [0.15, 0.2) is 0 Å². The van der Waals surface area contributed by atoms with Crippen molar-refractivity contribution in [2.24, 2.45) is 0 Å². The molecule has 0 saturated carbocycles. The zero-order chi connectivity index (χ0) is 15.7. The van der Waals surface area contributed by atoms with Crippen LogP contribution in [-0.2, 0) is 0 Å². The first-order valence-corrected chi connectivity index (χ1v) is 6.29. The quantitative estimate of drug-likeness (QED) is 0.532. The van der Waals surface area contributed by atoms with Gasteiger partial charge in [0.05, 0.1) is 10.5 Å². The Morgan fingerprint density at radius 3 is 2.64 bits per heavy atom. The molecule has 1 aromatic carbocycles. The van der Waals surface area contributed by atoms with Gasteiger partial charge in [0.25, 0.3) is 11.2 Å². The zero-order valence-electron chi connectivity index (χ0n) is 11.1. The molecule has 0 atom stereocenters. The number of hydrogen-bond acceptors (Lipinski definition) is 5. The van der Waals surface area contributed by atoms with Crippen LogP contribution < -0.4 is 5.56 Å². The number of nitrogens with zero attached hydrogens (tertiary/aromatic N) is 4. The second-order valence-electron chi connectivity index (χ2n) is 4.46. The first-order chi connectivity index (χ1) is 10.6. The Kier molecular flexibility index (Phi) is 3.12. The van der Waals surface area contributed by atoms with Gasteiger partial charge in [0, 0.05) is 12.3 Å². The fourth-order valence-corrected chi connectivity index (χ4v) is 2.22. The molecule has 0 aliphatic rings. The molecule has 0 spiro atoms. The van der Waals surface area contributed by atoms with Crippen molar-refractivity contribution in [1.82, 2.24) is 9.38 Å². The first kappa shape index (κ1) is 13.5. The van der Waals surface area contributed by atoms with Crippen LogP contribution in [0, 0.1) is 21.4 Å². The predicted octanol–water partition coefficient (Wildman–Crippen LogP) is 2.14. The first-order valence-electron chi connectivity index (χ1n) is 6.29. The van der Waals surface area contributed by atoms with E-state index in [0.29, 0.717) is 5.65 Å². The van der Waals surface area contributed by atoms with E-state index in [1.54, 1.807) is 30.3 Å². The van der Waals surface area contributed by atoms with E-state index >= 15 is 0 Å². The van der Waals surface area contributed by atoms with E-state index < -0.39 is 10.5 Å². The number of hydrogen-bond donors (Lipinski definition) is 0. The third-order valence-corrected chi connectivity index (χ3v) is 3.20. The monoisotopic (exact) mass is 292 g/mol. The van der Waals surface area contributed by atoms with Crippen LogP contribution in [-0.4, -0.2) is 14.3 Å². The Labute approximate surface area is 123 Å². The Morgan fingerprint density at radius 2 is 1.91 bits per heavy atom. The number of pyridine rings is 1. The average molecular weight is 292 g/mol. The van der Waals surface area contributed by atoms with Crippen molar-refractivity contribution in [2.45, 2.75) is 0 Å². The molecule has 3 rings (SSSR count). The predicted molar refractivity (Wildman–Crippen MR) is 78.3 cm³/mol. The highest BCUT2D eigenvalue weighted by Crippen LogP contribution is 2.29. The minimum Gasteiger partial charge on any atom is -0.267 e. The summed E-state index contributed by atoms with van der Waals surface area (Å²) in [5.74, 6) is 0. The van der Waals surface area contributed by atoms with E-state index in [2.05, 4.69) is 4.98 Å². The van der Waals surface area contributed by atoms with Gasteiger partial charge < -0.3 is 0 Å². The third kappa shape index (κ3) is 1.99. The Bertz CT molecular complexity index is 1000. The summed E-state index contributed by atoms with van der Waals surface area (Å²) >= 11 is 0. The molecule has 2 aromatic heterocycles. The molecule has 0 amide bonds. The Balaban J connectivity index is 2.45. The second kappa shape index (κ2) is 5.10. The number of nitriles is 1. The summed E-state index contributed by atoms with van der Waals surface area (Å²) in [6.07, 6.45) is 1.49. The van der Waals surface area contributed by atoms with Gasteiger partial charge in [-0.3, -0.25) is 19.3 Å². The van der Waals surface area contributed by atoms with Crippen molar-refractivity contribution in [1.29, 1.82) is 5.26 Å². The molecule has 7 nitrogen and oxygen atoms in total. The molecular weight excluding hydrogens is 284 g/mol. The molecule has 22 heavy (non-hydrogen) atoms. The smallest absolute Gasteiger partial charge is 0.267 e. The molecule has 3 aromatic rings. The maximum Gasteiger partial charge on any atom is 0.278 e. The number of para-hydroxylation sites is 1. The summed E-state index contributed by atoms with van der Waals surface area (Å²) in [5.41, 5.74) is -0.497. The van der Waals surface area contributed by atoms with E-state index in [4.69, 9.17) is 0 Å². The van der Waals surface area contributed by atoms with Crippen LogP contribution >= 0.6 is 0 Å². The van der Waals surface area contributed by atoms with Gasteiger partial charge in [0.1, 0.15) is 23.0 Å². The summed E-state index contributed by atoms with van der Waals surface area (Å²) < 4.78 is 1.23. The zero-order valence-corrected chi connectivity index (χ0v) is 11.1. The van der Waals surface area contributed by atoms with Gasteiger partial charge in [-0.1, -0.05) is 18.2 Å². The van der Waals surface area contributed by atoms with Gasteiger partial charge in [-0.15, -0.1) is 0 Å². The largest absolute Gasteiger partial charge is 0.278 e. The van der Waals surface area contributed by atoms with Crippen molar-refractivity contribution in [2.75, 3.05) is 0 Å². The highest BCUT2D eigenvalue weighted by molar-refractivity contribution is 5.76. The van der Waals surface area contributed by atoms with Gasteiger partial charge in [0.2, 0.25) is 0 Å². The van der Waals surface area contributed by atoms with Gasteiger partial charge in [-0.05, 0) is 18.2 Å². The number of aromatic nitrogens is 2. The number of nitro groups is 1. The van der Waals surface area contributed by atoms with Crippen molar-refractivity contribution in [3.05, 3.63) is 74.7 Å². The SMILES string of the molecule is N#Cc1c(-c2ccccc2[N+](=O)[O-])nc2ccccn2c1=O. The maximum absolute atomic E-state index is 12.4. The topological polar surface area (TPSA) is 101 Å². The molecule has 0 radical (unpaired) electrons. The van der Waals surface area contributed by atoms with E-state index in [1.807, 2.05) is 0 Å². The van der Waals surface area contributed by atoms with E-state index in [0.717, 1.165) is 0 Å². The lowest BCUT2D eigenvalue weighted by atomic mass is 10.1. The van der Waals surface area contributed by atoms with E-state index in [9.17, 15) is 20.2 Å². The molecule has 0 unspecified atom stereocenters. The molecule has 0 aliphatic heterocycles. The normalized spacial score (nSPS) is 10.3. The van der Waals surface area contributed by atoms with Crippen molar-refractivity contribution >= 4 is 11.3 Å². The minimum absolute atomic E-state index is 0.0194. The van der Waals surface area contributed by atoms with Crippen LogP contribution in [0.15, 0.2) is 53.5 Å². The minimum atomic E-state index is -0.565. The van der Waals surface area contributed by atoms with Crippen LogP contribution in [0.5, 0.6) is 0 Å². The van der Waals surface area contributed by atoms with Crippen LogP contribution in [0.4, 0.5) is 5.69 Å². The van der Waals surface area contributed by atoms with Crippen molar-refractivity contribution in [3.8, 4) is 17.3 Å². The van der Waals surface area contributed by atoms with Crippen LogP contribution in [0.25, 0.3) is 16.9 Å². The number of nitro benzene ring substituents is 1. The molecule has 2 heterocycles. The lowest BCUT2D eigenvalue weighted by Crippen LogP contribution is -2.19. The maximum atomic E-state index is 12.4. The highest BCUT2D eigenvalue weighted by Gasteiger charge is 2.21. The standard InChI is InChI=1S/C15H8N4O3/c16-9-11-14(10-5-1-2-6-12(10)19(21)22)17-13-7-3-4-8-18(13)15(11)20/h1-8H. The van der Waals surface area contributed by atoms with E-state index in [-0.39, 0.29) is 22.5 Å². The third-order valence-electron chi connectivity index (χ3n) is 3.20. The van der Waals surface area contributed by atoms with Crippen LogP contribution in [0.3, 0.4) is 0 Å². The molecule has 0 aliphatic carbocycles. The molecule has 0 N–H and O–H groups in total. The fraction of sp³-hybridized carbons (Fsp3) is 0. The van der Waals surface area contributed by atoms with E-state index in [1.165, 1.54) is 28.8 Å². The number of benzene rings is 1. The average Bonchev–Trinajstić information content (AvgIpc) is 2.54. The Morgan fingerprint density at radius 1 is 1.18 bits per heavy atom. The summed E-state index contributed by atoms with van der Waals surface area (Å²) in [4.78, 5) is 27.2. The van der Waals surface area contributed by atoms with Gasteiger partial charge in [-0.25, -0.2) is 4.98 Å².